The summed E-state index contributed by atoms with van der Waals surface area (Å²) in [6.07, 6.45) is 1.69. The fourth-order valence-corrected chi connectivity index (χ4v) is 3.94. The molecule has 1 N–H and O–H groups in total. The molecule has 0 spiro atoms. The molecule has 27 heavy (non-hydrogen) atoms. The number of carboxylic acid groups (broad SMARTS) is 1. The molecule has 0 unspecified atom stereocenters. The molecule has 2 aromatic carbocycles. The van der Waals surface area contributed by atoms with E-state index < -0.39 is 17.9 Å². The largest absolute Gasteiger partial charge is 0.488 e. The average molecular weight is 399 g/mol. The van der Waals surface area contributed by atoms with E-state index in [0.717, 1.165) is 27.8 Å². The molecule has 1 fully saturated rings. The zero-order valence-electron chi connectivity index (χ0n) is 14.5. The fraction of sp³-hybridized carbons (Fsp3) is 0.150. The predicted octanol–water partition coefficient (Wildman–Crippen LogP) is 3.94. The quantitative estimate of drug-likeness (QED) is 0.586. The van der Waals surface area contributed by atoms with Gasteiger partial charge < -0.3 is 9.84 Å². The molecule has 1 heterocycles. The molecule has 0 radical (unpaired) electrons. The molecule has 0 saturated carbocycles. The molecule has 1 amide bonds. The van der Waals surface area contributed by atoms with Crippen LogP contribution in [0.15, 0.2) is 59.5 Å². The SMILES string of the molecule is C[C@@H](C(=O)O)N1C(=O)/C(=C/c2ccccc2OCc2ccccc2)SC1=S. The Labute approximate surface area is 166 Å². The Kier molecular flexibility index (Phi) is 5.93. The van der Waals surface area contributed by atoms with E-state index in [1.807, 2.05) is 54.6 Å². The van der Waals surface area contributed by atoms with Gasteiger partial charge in [0, 0.05) is 5.56 Å². The van der Waals surface area contributed by atoms with Crippen LogP contribution in [0.2, 0.25) is 0 Å². The van der Waals surface area contributed by atoms with Crippen LogP contribution in [0.3, 0.4) is 0 Å². The van der Waals surface area contributed by atoms with Crippen molar-refractivity contribution >= 4 is 46.3 Å². The molecule has 3 rings (SSSR count). The number of para-hydroxylation sites is 1. The highest BCUT2D eigenvalue weighted by atomic mass is 32.2. The maximum Gasteiger partial charge on any atom is 0.326 e. The number of ether oxygens (including phenoxy) is 1. The van der Waals surface area contributed by atoms with Crippen molar-refractivity contribution in [2.24, 2.45) is 0 Å². The van der Waals surface area contributed by atoms with Crippen LogP contribution in [0.4, 0.5) is 0 Å². The lowest BCUT2D eigenvalue weighted by Gasteiger charge is -2.18. The van der Waals surface area contributed by atoms with Crippen LogP contribution < -0.4 is 4.74 Å². The van der Waals surface area contributed by atoms with Gasteiger partial charge >= 0.3 is 5.97 Å². The molecule has 0 aromatic heterocycles. The third-order valence-electron chi connectivity index (χ3n) is 4.01. The molecule has 1 saturated heterocycles. The van der Waals surface area contributed by atoms with Gasteiger partial charge in [0.05, 0.1) is 4.91 Å². The number of thiocarbonyl (C=S) groups is 1. The number of hydrogen-bond acceptors (Lipinski definition) is 5. The van der Waals surface area contributed by atoms with E-state index in [1.54, 1.807) is 6.08 Å². The Bertz CT molecular complexity index is 911. The third-order valence-corrected chi connectivity index (χ3v) is 5.34. The van der Waals surface area contributed by atoms with E-state index in [0.29, 0.717) is 17.3 Å². The van der Waals surface area contributed by atoms with Crippen molar-refractivity contribution in [3.63, 3.8) is 0 Å². The number of thioether (sulfide) groups is 1. The maximum atomic E-state index is 12.6. The second kappa shape index (κ2) is 8.37. The molecule has 1 atom stereocenters. The number of amides is 1. The van der Waals surface area contributed by atoms with Gasteiger partial charge in [0.25, 0.3) is 5.91 Å². The second-order valence-corrected chi connectivity index (χ2v) is 7.55. The zero-order valence-corrected chi connectivity index (χ0v) is 16.1. The summed E-state index contributed by atoms with van der Waals surface area (Å²) in [5, 5.41) is 9.17. The minimum Gasteiger partial charge on any atom is -0.488 e. The molecule has 1 aliphatic heterocycles. The van der Waals surface area contributed by atoms with Gasteiger partial charge in [-0.2, -0.15) is 0 Å². The monoisotopic (exact) mass is 399 g/mol. The van der Waals surface area contributed by atoms with Crippen molar-refractivity contribution in [2.75, 3.05) is 0 Å². The van der Waals surface area contributed by atoms with Crippen LogP contribution in [-0.2, 0) is 16.2 Å². The molecule has 5 nitrogen and oxygen atoms in total. The van der Waals surface area contributed by atoms with E-state index in [1.165, 1.54) is 6.92 Å². The Hall–Kier alpha value is -2.64. The summed E-state index contributed by atoms with van der Waals surface area (Å²) in [5.41, 5.74) is 1.77. The Balaban J connectivity index is 1.82. The normalized spacial score (nSPS) is 16.6. The first-order valence-corrected chi connectivity index (χ1v) is 9.45. The van der Waals surface area contributed by atoms with Crippen molar-refractivity contribution in [3.05, 3.63) is 70.6 Å². The van der Waals surface area contributed by atoms with E-state index >= 15 is 0 Å². The van der Waals surface area contributed by atoms with Gasteiger partial charge in [0.15, 0.2) is 0 Å². The van der Waals surface area contributed by atoms with Gasteiger partial charge in [0.2, 0.25) is 0 Å². The number of aliphatic carboxylic acids is 1. The third kappa shape index (κ3) is 4.37. The van der Waals surface area contributed by atoms with Gasteiger partial charge in [-0.15, -0.1) is 0 Å². The highest BCUT2D eigenvalue weighted by Gasteiger charge is 2.38. The van der Waals surface area contributed by atoms with Crippen LogP contribution in [0.1, 0.15) is 18.1 Å². The first kappa shape index (κ1) is 19.1. The minimum atomic E-state index is -1.10. The molecule has 7 heteroatoms. The lowest BCUT2D eigenvalue weighted by atomic mass is 10.1. The highest BCUT2D eigenvalue weighted by molar-refractivity contribution is 8.26. The average Bonchev–Trinajstić information content (AvgIpc) is 2.94. The van der Waals surface area contributed by atoms with E-state index in [4.69, 9.17) is 17.0 Å². The van der Waals surface area contributed by atoms with E-state index in [2.05, 4.69) is 0 Å². The lowest BCUT2D eigenvalue weighted by Crippen LogP contribution is -2.41. The molecule has 0 aliphatic carbocycles. The molecule has 1 aliphatic rings. The summed E-state index contributed by atoms with van der Waals surface area (Å²) in [4.78, 5) is 25.3. The van der Waals surface area contributed by atoms with Crippen molar-refractivity contribution in [1.82, 2.24) is 4.90 Å². The lowest BCUT2D eigenvalue weighted by molar-refractivity contribution is -0.144. The van der Waals surface area contributed by atoms with Crippen molar-refractivity contribution < 1.29 is 19.4 Å². The number of carboxylic acids is 1. The van der Waals surface area contributed by atoms with Crippen LogP contribution in [0, 0.1) is 0 Å². The van der Waals surface area contributed by atoms with E-state index in [9.17, 15) is 14.7 Å². The van der Waals surface area contributed by atoms with Gasteiger partial charge in [-0.3, -0.25) is 9.69 Å². The summed E-state index contributed by atoms with van der Waals surface area (Å²) < 4.78 is 6.14. The topological polar surface area (TPSA) is 66.8 Å². The number of hydrogen-bond donors (Lipinski definition) is 1. The fourth-order valence-electron chi connectivity index (χ4n) is 2.53. The smallest absolute Gasteiger partial charge is 0.326 e. The highest BCUT2D eigenvalue weighted by Crippen LogP contribution is 2.35. The summed E-state index contributed by atoms with van der Waals surface area (Å²) in [7, 11) is 0. The Morgan fingerprint density at radius 2 is 1.89 bits per heavy atom. The van der Waals surface area contributed by atoms with Gasteiger partial charge in [-0.1, -0.05) is 72.5 Å². The van der Waals surface area contributed by atoms with Crippen LogP contribution in [0.25, 0.3) is 6.08 Å². The number of rotatable bonds is 6. The summed E-state index contributed by atoms with van der Waals surface area (Å²) >= 11 is 6.28. The number of carbonyl (C=O) groups excluding carboxylic acids is 1. The Morgan fingerprint density at radius 1 is 1.22 bits per heavy atom. The first-order valence-electron chi connectivity index (χ1n) is 8.23. The standard InChI is InChI=1S/C20H17NO4S2/c1-13(19(23)24)21-18(22)17(27-20(21)26)11-15-9-5-6-10-16(15)25-12-14-7-3-2-4-8-14/h2-11,13H,12H2,1H3,(H,23,24)/b17-11-/t13-/m0/s1. The molecule has 2 aromatic rings. The van der Waals surface area contributed by atoms with E-state index in [-0.39, 0.29) is 4.32 Å². The molecular weight excluding hydrogens is 382 g/mol. The molecule has 138 valence electrons. The molecular formula is C20H17NO4S2. The number of nitrogens with zero attached hydrogens (tertiary/aromatic N) is 1. The van der Waals surface area contributed by atoms with Crippen molar-refractivity contribution in [1.29, 1.82) is 0 Å². The van der Waals surface area contributed by atoms with Gasteiger partial charge in [-0.25, -0.2) is 4.79 Å². The number of benzene rings is 2. The first-order chi connectivity index (χ1) is 13.0. The zero-order chi connectivity index (χ0) is 19.4. The van der Waals surface area contributed by atoms with Crippen molar-refractivity contribution in [2.45, 2.75) is 19.6 Å². The minimum absolute atomic E-state index is 0.240. The second-order valence-electron chi connectivity index (χ2n) is 5.88. The van der Waals surface area contributed by atoms with Gasteiger partial charge in [-0.05, 0) is 24.6 Å². The van der Waals surface area contributed by atoms with Gasteiger partial charge in [0.1, 0.15) is 22.7 Å². The van der Waals surface area contributed by atoms with Crippen LogP contribution in [0.5, 0.6) is 5.75 Å². The number of carbonyl (C=O) groups is 2. The predicted molar refractivity (Wildman–Crippen MR) is 109 cm³/mol. The van der Waals surface area contributed by atoms with Crippen LogP contribution in [-0.4, -0.2) is 32.2 Å². The maximum absolute atomic E-state index is 12.6. The molecule has 0 bridgehead atoms. The van der Waals surface area contributed by atoms with Crippen LogP contribution >= 0.6 is 24.0 Å². The van der Waals surface area contributed by atoms with Crippen molar-refractivity contribution in [3.8, 4) is 5.75 Å². The Morgan fingerprint density at radius 3 is 2.59 bits per heavy atom. The summed E-state index contributed by atoms with van der Waals surface area (Å²) in [5.74, 6) is -0.866. The summed E-state index contributed by atoms with van der Waals surface area (Å²) in [6, 6.07) is 16.1. The summed E-state index contributed by atoms with van der Waals surface area (Å²) in [6.45, 7) is 1.84.